The van der Waals surface area contributed by atoms with Crippen LogP contribution in [0.15, 0.2) is 88.2 Å². The zero-order valence-corrected chi connectivity index (χ0v) is 21.7. The van der Waals surface area contributed by atoms with Gasteiger partial charge in [0, 0.05) is 18.2 Å². The highest BCUT2D eigenvalue weighted by Gasteiger charge is 2.38. The second-order valence-corrected chi connectivity index (χ2v) is 11.1. The summed E-state index contributed by atoms with van der Waals surface area (Å²) >= 11 is 0. The second-order valence-electron chi connectivity index (χ2n) is 9.52. The summed E-state index contributed by atoms with van der Waals surface area (Å²) in [6, 6.07) is 23.2. The Morgan fingerprint density at radius 3 is 2.35 bits per heavy atom. The van der Waals surface area contributed by atoms with E-state index in [1.54, 1.807) is 31.4 Å². The molecule has 5 rings (SSSR count). The van der Waals surface area contributed by atoms with Crippen molar-refractivity contribution in [1.82, 2.24) is 10.2 Å². The maximum Gasteiger partial charge on any atom is 0.285 e. The molecule has 3 aromatic rings. The standard InChI is InChI=1S/C29H31N3O4S/c1-36-24-18-16-22(17-19-24)27(29(33)30-23-12-6-3-7-13-23)32(20-21-10-4-2-5-11-21)28-25-14-8-9-15-26(25)37(34,35)31-28/h2,4-5,8-11,14-19,23,27H,3,6-7,12-13,20H2,1H3,(H,30,33). The van der Waals surface area contributed by atoms with Gasteiger partial charge in [0.1, 0.15) is 16.7 Å². The van der Waals surface area contributed by atoms with Gasteiger partial charge in [-0.3, -0.25) is 4.79 Å². The Morgan fingerprint density at radius 2 is 1.65 bits per heavy atom. The van der Waals surface area contributed by atoms with E-state index in [-0.39, 0.29) is 22.7 Å². The molecule has 0 bridgehead atoms. The fourth-order valence-corrected chi connectivity index (χ4v) is 6.37. The number of benzene rings is 3. The van der Waals surface area contributed by atoms with E-state index in [4.69, 9.17) is 4.74 Å². The Kier molecular flexibility index (Phi) is 7.28. The van der Waals surface area contributed by atoms with Crippen LogP contribution in [-0.2, 0) is 21.4 Å². The highest BCUT2D eigenvalue weighted by molar-refractivity contribution is 7.90. The molecule has 0 spiro atoms. The molecule has 0 radical (unpaired) electrons. The Hall–Kier alpha value is -3.65. The molecule has 1 amide bonds. The monoisotopic (exact) mass is 517 g/mol. The van der Waals surface area contributed by atoms with Gasteiger partial charge in [0.15, 0.2) is 5.84 Å². The van der Waals surface area contributed by atoms with Gasteiger partial charge in [-0.15, -0.1) is 4.40 Å². The zero-order valence-electron chi connectivity index (χ0n) is 20.8. The predicted molar refractivity (Wildman–Crippen MR) is 143 cm³/mol. The van der Waals surface area contributed by atoms with Gasteiger partial charge in [0.2, 0.25) is 5.91 Å². The molecule has 3 aromatic carbocycles. The lowest BCUT2D eigenvalue weighted by molar-refractivity contribution is -0.126. The molecule has 8 heteroatoms. The first-order valence-electron chi connectivity index (χ1n) is 12.7. The van der Waals surface area contributed by atoms with Gasteiger partial charge in [0.25, 0.3) is 10.0 Å². The molecule has 1 unspecified atom stereocenters. The Morgan fingerprint density at radius 1 is 0.973 bits per heavy atom. The van der Waals surface area contributed by atoms with E-state index in [2.05, 4.69) is 9.71 Å². The number of amides is 1. The van der Waals surface area contributed by atoms with Crippen LogP contribution in [0, 0.1) is 0 Å². The second kappa shape index (κ2) is 10.8. The average molecular weight is 518 g/mol. The van der Waals surface area contributed by atoms with Crippen LogP contribution in [0.1, 0.15) is 54.8 Å². The summed E-state index contributed by atoms with van der Waals surface area (Å²) < 4.78 is 35.6. The highest BCUT2D eigenvalue weighted by atomic mass is 32.2. The average Bonchev–Trinajstić information content (AvgIpc) is 3.20. The number of fused-ring (bicyclic) bond motifs is 1. The number of nitrogens with one attached hydrogen (secondary N) is 1. The van der Waals surface area contributed by atoms with Crippen molar-refractivity contribution in [2.45, 2.75) is 55.6 Å². The zero-order chi connectivity index (χ0) is 25.8. The van der Waals surface area contributed by atoms with Crippen LogP contribution >= 0.6 is 0 Å². The van der Waals surface area contributed by atoms with Crippen molar-refractivity contribution >= 4 is 21.8 Å². The van der Waals surface area contributed by atoms with Gasteiger partial charge in [-0.25, -0.2) is 0 Å². The number of amidine groups is 1. The Bertz CT molecular complexity index is 1380. The van der Waals surface area contributed by atoms with Crippen molar-refractivity contribution in [3.8, 4) is 5.75 Å². The van der Waals surface area contributed by atoms with Gasteiger partial charge >= 0.3 is 0 Å². The van der Waals surface area contributed by atoms with Crippen LogP contribution in [0.4, 0.5) is 0 Å². The number of ether oxygens (including phenoxy) is 1. The van der Waals surface area contributed by atoms with Crippen LogP contribution in [0.5, 0.6) is 5.75 Å². The minimum atomic E-state index is -3.88. The molecule has 0 aromatic heterocycles. The lowest BCUT2D eigenvalue weighted by atomic mass is 9.94. The molecule has 1 aliphatic carbocycles. The van der Waals surface area contributed by atoms with Gasteiger partial charge in [0.05, 0.1) is 7.11 Å². The third-order valence-corrected chi connectivity index (χ3v) is 8.35. The molecule has 1 saturated carbocycles. The first kappa shape index (κ1) is 25.0. The van der Waals surface area contributed by atoms with Crippen LogP contribution in [-0.4, -0.2) is 38.2 Å². The normalized spacial score (nSPS) is 17.4. The molecule has 1 atom stereocenters. The topological polar surface area (TPSA) is 88.1 Å². The summed E-state index contributed by atoms with van der Waals surface area (Å²) in [6.45, 7) is 0.304. The summed E-state index contributed by atoms with van der Waals surface area (Å²) in [5, 5.41) is 3.26. The minimum Gasteiger partial charge on any atom is -0.497 e. The van der Waals surface area contributed by atoms with E-state index in [0.717, 1.165) is 36.8 Å². The molecule has 1 aliphatic heterocycles. The largest absolute Gasteiger partial charge is 0.497 e. The van der Waals surface area contributed by atoms with Crippen molar-refractivity contribution in [2.75, 3.05) is 7.11 Å². The van der Waals surface area contributed by atoms with Crippen LogP contribution in [0.2, 0.25) is 0 Å². The molecular weight excluding hydrogens is 486 g/mol. The third kappa shape index (κ3) is 5.39. The smallest absolute Gasteiger partial charge is 0.285 e. The Balaban J connectivity index is 1.62. The lowest BCUT2D eigenvalue weighted by Gasteiger charge is -2.34. The number of carbonyl (C=O) groups excluding carboxylic acids is 1. The maximum absolute atomic E-state index is 14.0. The fourth-order valence-electron chi connectivity index (χ4n) is 5.15. The molecule has 192 valence electrons. The predicted octanol–water partition coefficient (Wildman–Crippen LogP) is 4.84. The van der Waals surface area contributed by atoms with Gasteiger partial charge in [-0.05, 0) is 48.2 Å². The number of hydrogen-bond acceptors (Lipinski definition) is 5. The van der Waals surface area contributed by atoms with E-state index < -0.39 is 16.1 Å². The number of nitrogens with zero attached hydrogens (tertiary/aromatic N) is 2. The molecule has 2 aliphatic rings. The van der Waals surface area contributed by atoms with Crippen molar-refractivity contribution in [2.24, 2.45) is 4.40 Å². The summed E-state index contributed by atoms with van der Waals surface area (Å²) in [7, 11) is -2.28. The maximum atomic E-state index is 14.0. The van der Waals surface area contributed by atoms with E-state index in [1.165, 1.54) is 6.42 Å². The highest BCUT2D eigenvalue weighted by Crippen LogP contribution is 2.34. The molecule has 7 nitrogen and oxygen atoms in total. The first-order valence-corrected chi connectivity index (χ1v) is 14.1. The van der Waals surface area contributed by atoms with E-state index >= 15 is 0 Å². The Labute approximate surface area is 218 Å². The quantitative estimate of drug-likeness (QED) is 0.485. The number of sulfonamides is 1. The van der Waals surface area contributed by atoms with Crippen molar-refractivity contribution in [1.29, 1.82) is 0 Å². The van der Waals surface area contributed by atoms with Crippen molar-refractivity contribution in [3.05, 3.63) is 95.6 Å². The summed E-state index contributed by atoms with van der Waals surface area (Å²) in [6.07, 6.45) is 5.24. The molecule has 0 saturated heterocycles. The fraction of sp³-hybridized carbons (Fsp3) is 0.310. The van der Waals surface area contributed by atoms with Crippen molar-refractivity contribution in [3.63, 3.8) is 0 Å². The van der Waals surface area contributed by atoms with E-state index in [1.807, 2.05) is 59.5 Å². The van der Waals surface area contributed by atoms with Crippen molar-refractivity contribution < 1.29 is 17.9 Å². The number of rotatable bonds is 7. The molecule has 37 heavy (non-hydrogen) atoms. The molecule has 1 heterocycles. The van der Waals surface area contributed by atoms with E-state index in [0.29, 0.717) is 17.9 Å². The van der Waals surface area contributed by atoms with Crippen LogP contribution < -0.4 is 10.1 Å². The summed E-state index contributed by atoms with van der Waals surface area (Å²) in [5.74, 6) is 0.785. The summed E-state index contributed by atoms with van der Waals surface area (Å²) in [5.41, 5.74) is 2.17. The number of carbonyl (C=O) groups is 1. The molecular formula is C29H31N3O4S. The number of methoxy groups -OCH3 is 1. The lowest BCUT2D eigenvalue weighted by Crippen LogP contribution is -2.46. The van der Waals surface area contributed by atoms with Gasteiger partial charge < -0.3 is 15.0 Å². The summed E-state index contributed by atoms with van der Waals surface area (Å²) in [4.78, 5) is 16.0. The van der Waals surface area contributed by atoms with Crippen LogP contribution in [0.25, 0.3) is 0 Å². The van der Waals surface area contributed by atoms with Gasteiger partial charge in [-0.2, -0.15) is 8.42 Å². The van der Waals surface area contributed by atoms with E-state index in [9.17, 15) is 13.2 Å². The third-order valence-electron chi connectivity index (χ3n) is 7.02. The van der Waals surface area contributed by atoms with Crippen LogP contribution in [0.3, 0.4) is 0 Å². The number of hydrogen-bond donors (Lipinski definition) is 1. The molecule has 1 fully saturated rings. The SMILES string of the molecule is COc1ccc(C(C(=O)NC2CCCCC2)N(Cc2ccccc2)C2=NS(=O)(=O)c3ccccc32)cc1. The first-order chi connectivity index (χ1) is 18.0. The minimum absolute atomic E-state index is 0.0992. The molecule has 1 N–H and O–H groups in total. The van der Waals surface area contributed by atoms with Gasteiger partial charge in [-0.1, -0.05) is 73.9 Å².